The summed E-state index contributed by atoms with van der Waals surface area (Å²) in [6.07, 6.45) is 4.89. The molecule has 0 radical (unpaired) electrons. The molecule has 4 aliphatic carbocycles. The lowest BCUT2D eigenvalue weighted by Crippen LogP contribution is -2.71. The van der Waals surface area contributed by atoms with Crippen molar-refractivity contribution in [2.24, 2.45) is 62.4 Å². The second kappa shape index (κ2) is 10.4. The van der Waals surface area contributed by atoms with Crippen LogP contribution in [0.4, 0.5) is 0 Å². The van der Waals surface area contributed by atoms with Gasteiger partial charge in [-0.25, -0.2) is 0 Å². The molecule has 4 fully saturated rings. The minimum Gasteiger partial charge on any atom is -0.481 e. The number of carboxylic acid groups (broad SMARTS) is 1. The number of carbonyl (C=O) groups excluding carboxylic acids is 2. The van der Waals surface area contributed by atoms with Gasteiger partial charge in [-0.1, -0.05) is 54.0 Å². The van der Waals surface area contributed by atoms with Crippen LogP contribution in [0, 0.1) is 56.7 Å². The predicted molar refractivity (Wildman–Crippen MR) is 158 cm³/mol. The molecule has 5 rings (SSSR count). The van der Waals surface area contributed by atoms with E-state index in [1.165, 1.54) is 6.92 Å². The van der Waals surface area contributed by atoms with E-state index in [9.17, 15) is 19.5 Å². The van der Waals surface area contributed by atoms with E-state index in [-0.39, 0.29) is 35.6 Å². The van der Waals surface area contributed by atoms with Gasteiger partial charge < -0.3 is 25.1 Å². The Balaban J connectivity index is 1.65. The molecule has 0 spiro atoms. The van der Waals surface area contributed by atoms with Crippen LogP contribution in [-0.2, 0) is 28.6 Å². The number of carbonyl (C=O) groups is 3. The average Bonchev–Trinajstić information content (AvgIpc) is 2.89. The number of esters is 1. The third-order valence-electron chi connectivity index (χ3n) is 13.7. The highest BCUT2D eigenvalue weighted by atomic mass is 16.6. The van der Waals surface area contributed by atoms with Gasteiger partial charge in [-0.2, -0.15) is 0 Å². The number of allylic oxidation sites excluding steroid dienone is 1. The molecule has 1 aliphatic heterocycles. The standard InChI is InChI=1S/C34H53NO7/c1-19(2)20(3)30(5)11-12-32(7)22-9-10-25-31(6)17-40-18-34(25,16-24(42-21(4)36)28(31)41-14-13-35)23(22)15-26(37)33(32,8)27(30)29(38)39/h15,19-20,22,24-25,27-28H,9-14,16-18,35H2,1-8H3,(H,38,39)/t20-,22+,24-,25+,27-,28?,30-,31+,32-,33+,34?/m1/s1. The van der Waals surface area contributed by atoms with Crippen molar-refractivity contribution in [2.45, 2.75) is 99.7 Å². The van der Waals surface area contributed by atoms with Gasteiger partial charge in [-0.05, 0) is 72.7 Å². The van der Waals surface area contributed by atoms with E-state index in [0.29, 0.717) is 38.7 Å². The Hall–Kier alpha value is -1.77. The highest BCUT2D eigenvalue weighted by Gasteiger charge is 2.74. The van der Waals surface area contributed by atoms with Crippen LogP contribution in [0.3, 0.4) is 0 Å². The van der Waals surface area contributed by atoms with Crippen molar-refractivity contribution in [3.05, 3.63) is 11.6 Å². The van der Waals surface area contributed by atoms with Crippen LogP contribution in [0.15, 0.2) is 11.6 Å². The van der Waals surface area contributed by atoms with Crippen LogP contribution in [-0.4, -0.2) is 61.4 Å². The van der Waals surface area contributed by atoms with Gasteiger partial charge in [0.1, 0.15) is 12.2 Å². The molecule has 8 heteroatoms. The summed E-state index contributed by atoms with van der Waals surface area (Å²) < 4.78 is 18.7. The van der Waals surface area contributed by atoms with Crippen LogP contribution in [0.2, 0.25) is 0 Å². The molecule has 5 aliphatic rings. The van der Waals surface area contributed by atoms with Crippen LogP contribution >= 0.6 is 0 Å². The quantitative estimate of drug-likeness (QED) is 0.398. The first-order chi connectivity index (χ1) is 19.5. The number of aliphatic carboxylic acids is 1. The molecule has 0 aromatic rings. The summed E-state index contributed by atoms with van der Waals surface area (Å²) in [5.74, 6) is -1.40. The number of ketones is 1. The van der Waals surface area contributed by atoms with Crippen molar-refractivity contribution >= 4 is 17.7 Å². The van der Waals surface area contributed by atoms with Gasteiger partial charge in [-0.3, -0.25) is 14.4 Å². The number of hydrogen-bond acceptors (Lipinski definition) is 7. The highest BCUT2D eigenvalue weighted by Crippen LogP contribution is 2.74. The monoisotopic (exact) mass is 587 g/mol. The molecule has 236 valence electrons. The number of hydrogen-bond donors (Lipinski definition) is 2. The fourth-order valence-corrected chi connectivity index (χ4v) is 11.2. The summed E-state index contributed by atoms with van der Waals surface area (Å²) in [6, 6.07) is 0. The normalized spacial score (nSPS) is 47.0. The molecule has 2 bridgehead atoms. The molecule has 3 N–H and O–H groups in total. The van der Waals surface area contributed by atoms with E-state index >= 15 is 0 Å². The molecular formula is C34H53NO7. The first-order valence-corrected chi connectivity index (χ1v) is 16.1. The number of ether oxygens (including phenoxy) is 3. The number of rotatable bonds is 7. The van der Waals surface area contributed by atoms with Crippen LogP contribution in [0.25, 0.3) is 0 Å². The minimum absolute atomic E-state index is 0.0441. The van der Waals surface area contributed by atoms with Gasteiger partial charge in [0.2, 0.25) is 0 Å². The maximum atomic E-state index is 14.7. The number of fused-ring (bicyclic) bond motifs is 3. The minimum atomic E-state index is -1.04. The zero-order chi connectivity index (χ0) is 31.0. The van der Waals surface area contributed by atoms with Crippen molar-refractivity contribution in [2.75, 3.05) is 26.4 Å². The average molecular weight is 588 g/mol. The summed E-state index contributed by atoms with van der Waals surface area (Å²) >= 11 is 0. The molecule has 42 heavy (non-hydrogen) atoms. The lowest BCUT2D eigenvalue weighted by Gasteiger charge is -2.70. The molecule has 8 nitrogen and oxygen atoms in total. The van der Waals surface area contributed by atoms with Crippen molar-refractivity contribution in [1.82, 2.24) is 0 Å². The first-order valence-electron chi connectivity index (χ1n) is 16.1. The maximum absolute atomic E-state index is 14.7. The molecule has 3 saturated carbocycles. The Kier molecular flexibility index (Phi) is 7.84. The summed E-state index contributed by atoms with van der Waals surface area (Å²) in [6.45, 7) is 18.0. The largest absolute Gasteiger partial charge is 0.481 e. The van der Waals surface area contributed by atoms with Crippen LogP contribution < -0.4 is 5.73 Å². The maximum Gasteiger partial charge on any atom is 0.308 e. The Morgan fingerprint density at radius 3 is 2.40 bits per heavy atom. The second-order valence-corrected chi connectivity index (χ2v) is 15.7. The van der Waals surface area contributed by atoms with Crippen molar-refractivity contribution in [3.63, 3.8) is 0 Å². The van der Waals surface area contributed by atoms with Crippen LogP contribution in [0.1, 0.15) is 87.5 Å². The Morgan fingerprint density at radius 2 is 1.81 bits per heavy atom. The lowest BCUT2D eigenvalue weighted by atomic mass is 9.34. The summed E-state index contributed by atoms with van der Waals surface area (Å²) in [5, 5.41) is 10.9. The summed E-state index contributed by atoms with van der Waals surface area (Å²) in [5.41, 5.74) is 3.94. The van der Waals surface area contributed by atoms with E-state index in [1.807, 2.05) is 13.0 Å². The fraction of sp³-hybridized carbons (Fsp3) is 0.853. The topological polar surface area (TPSA) is 125 Å². The van der Waals surface area contributed by atoms with E-state index in [1.54, 1.807) is 0 Å². The molecule has 1 saturated heterocycles. The molecule has 0 aromatic carbocycles. The fourth-order valence-electron chi connectivity index (χ4n) is 11.2. The third-order valence-corrected chi connectivity index (χ3v) is 13.7. The zero-order valence-electron chi connectivity index (χ0n) is 27.0. The molecule has 0 aromatic heterocycles. The molecular weight excluding hydrogens is 534 g/mol. The van der Waals surface area contributed by atoms with E-state index in [0.717, 1.165) is 31.3 Å². The number of nitrogens with two attached hydrogens (primary N) is 1. The van der Waals surface area contributed by atoms with Crippen LogP contribution in [0.5, 0.6) is 0 Å². The SMILES string of the molecule is CC(=O)O[C@@H]1CC23COC[C@](C)(C1OCCN)[C@@H]2CC[C@H]1C3=CC(=O)[C@@]2(C)[C@H](C(=O)O)[C@@](C)([C@H](C)C(C)C)CC[C@]12C. The van der Waals surface area contributed by atoms with E-state index in [2.05, 4.69) is 41.5 Å². The smallest absolute Gasteiger partial charge is 0.308 e. The highest BCUT2D eigenvalue weighted by molar-refractivity contribution is 6.00. The molecule has 2 unspecified atom stereocenters. The van der Waals surface area contributed by atoms with E-state index < -0.39 is 45.1 Å². The predicted octanol–water partition coefficient (Wildman–Crippen LogP) is 5.03. The van der Waals surface area contributed by atoms with Gasteiger partial charge in [-0.15, -0.1) is 0 Å². The molecule has 11 atom stereocenters. The third kappa shape index (κ3) is 4.06. The second-order valence-electron chi connectivity index (χ2n) is 15.7. The Morgan fingerprint density at radius 1 is 1.12 bits per heavy atom. The summed E-state index contributed by atoms with van der Waals surface area (Å²) in [7, 11) is 0. The molecule has 0 amide bonds. The summed E-state index contributed by atoms with van der Waals surface area (Å²) in [4.78, 5) is 40.3. The Labute approximate surface area is 251 Å². The van der Waals surface area contributed by atoms with Crippen molar-refractivity contribution in [1.29, 1.82) is 0 Å². The number of carboxylic acids is 1. The van der Waals surface area contributed by atoms with Gasteiger partial charge in [0.05, 0.1) is 25.7 Å². The van der Waals surface area contributed by atoms with Gasteiger partial charge >= 0.3 is 11.9 Å². The van der Waals surface area contributed by atoms with Gasteiger partial charge in [0, 0.05) is 29.7 Å². The van der Waals surface area contributed by atoms with Crippen molar-refractivity contribution in [3.8, 4) is 0 Å². The molecule has 1 heterocycles. The van der Waals surface area contributed by atoms with Gasteiger partial charge in [0.15, 0.2) is 5.78 Å². The lowest BCUT2D eigenvalue weighted by molar-refractivity contribution is -0.265. The van der Waals surface area contributed by atoms with Gasteiger partial charge in [0.25, 0.3) is 0 Å². The zero-order valence-corrected chi connectivity index (χ0v) is 27.0. The Bertz CT molecular complexity index is 1170. The first kappa shape index (κ1) is 31.6. The van der Waals surface area contributed by atoms with E-state index in [4.69, 9.17) is 19.9 Å². The van der Waals surface area contributed by atoms with Crippen molar-refractivity contribution < 1.29 is 33.7 Å².